The Bertz CT molecular complexity index is 314. The minimum atomic E-state index is -0.640. The van der Waals surface area contributed by atoms with Crippen LogP contribution in [0, 0.1) is 5.41 Å². The fourth-order valence-electron chi connectivity index (χ4n) is 3.52. The summed E-state index contributed by atoms with van der Waals surface area (Å²) in [5.41, 5.74) is 0.0936. The molecule has 2 saturated carbocycles. The van der Waals surface area contributed by atoms with Crippen LogP contribution < -0.4 is 0 Å². The summed E-state index contributed by atoms with van der Waals surface area (Å²) in [7, 11) is 0. The minimum Gasteiger partial charge on any atom is -0.481 e. The van der Waals surface area contributed by atoms with Crippen molar-refractivity contribution in [3.8, 4) is 0 Å². The average molecular weight is 239 g/mol. The van der Waals surface area contributed by atoms with Crippen molar-refractivity contribution < 1.29 is 14.6 Å². The molecule has 2 unspecified atom stereocenters. The summed E-state index contributed by atoms with van der Waals surface area (Å²) in [4.78, 5) is 13.4. The molecule has 2 atom stereocenters. The Labute approximate surface area is 102 Å². The van der Waals surface area contributed by atoms with Gasteiger partial charge >= 0.3 is 5.97 Å². The van der Waals surface area contributed by atoms with E-state index in [9.17, 15) is 4.79 Å². The lowest BCUT2D eigenvalue weighted by molar-refractivity contribution is -0.139. The van der Waals surface area contributed by atoms with E-state index in [0.29, 0.717) is 18.6 Å². The van der Waals surface area contributed by atoms with Crippen LogP contribution in [0.5, 0.6) is 0 Å². The van der Waals surface area contributed by atoms with Gasteiger partial charge in [0.05, 0.1) is 19.1 Å². The summed E-state index contributed by atoms with van der Waals surface area (Å²) in [5, 5.41) is 8.96. The molecule has 0 aromatic rings. The van der Waals surface area contributed by atoms with E-state index in [1.165, 1.54) is 19.3 Å². The number of aliphatic carboxylic acids is 1. The average Bonchev–Trinajstić information content (AvgIpc) is 2.85. The molecule has 3 rings (SSSR count). The fourth-order valence-corrected chi connectivity index (χ4v) is 3.52. The van der Waals surface area contributed by atoms with Crippen molar-refractivity contribution in [3.63, 3.8) is 0 Å². The van der Waals surface area contributed by atoms with Crippen molar-refractivity contribution in [1.29, 1.82) is 0 Å². The molecule has 1 saturated heterocycles. The molecule has 1 N–H and O–H groups in total. The van der Waals surface area contributed by atoms with Gasteiger partial charge in [-0.2, -0.15) is 0 Å². The number of hydrogen-bond donors (Lipinski definition) is 1. The Morgan fingerprint density at radius 3 is 2.94 bits per heavy atom. The first-order chi connectivity index (χ1) is 8.19. The highest BCUT2D eigenvalue weighted by atomic mass is 16.5. The molecule has 3 fully saturated rings. The minimum absolute atomic E-state index is 0.0936. The molecule has 1 heterocycles. The fraction of sp³-hybridized carbons (Fsp3) is 0.923. The number of carbonyl (C=O) groups is 1. The molecule has 1 aliphatic heterocycles. The van der Waals surface area contributed by atoms with Crippen molar-refractivity contribution in [2.45, 2.75) is 50.7 Å². The molecule has 4 nitrogen and oxygen atoms in total. The highest BCUT2D eigenvalue weighted by molar-refractivity contribution is 5.68. The molecule has 0 bridgehead atoms. The van der Waals surface area contributed by atoms with Gasteiger partial charge in [0, 0.05) is 19.1 Å². The standard InChI is InChI=1S/C13H21NO3/c15-12(16)8-13(4-5-13)9-14-6-7-17-11-3-1-2-10(11)14/h10-11H,1-9H2,(H,15,16). The lowest BCUT2D eigenvalue weighted by Crippen LogP contribution is -2.50. The first-order valence-electron chi connectivity index (χ1n) is 6.76. The van der Waals surface area contributed by atoms with Gasteiger partial charge in [-0.1, -0.05) is 0 Å². The summed E-state index contributed by atoms with van der Waals surface area (Å²) in [6.45, 7) is 2.79. The highest BCUT2D eigenvalue weighted by Crippen LogP contribution is 2.50. The van der Waals surface area contributed by atoms with Crippen molar-refractivity contribution in [2.75, 3.05) is 19.7 Å². The zero-order valence-corrected chi connectivity index (χ0v) is 10.2. The van der Waals surface area contributed by atoms with Crippen LogP contribution in [-0.2, 0) is 9.53 Å². The number of fused-ring (bicyclic) bond motifs is 1. The van der Waals surface area contributed by atoms with Crippen molar-refractivity contribution in [3.05, 3.63) is 0 Å². The van der Waals surface area contributed by atoms with Gasteiger partial charge in [-0.05, 0) is 37.5 Å². The van der Waals surface area contributed by atoms with Gasteiger partial charge in [-0.25, -0.2) is 0 Å². The summed E-state index contributed by atoms with van der Waals surface area (Å²) in [6.07, 6.45) is 6.63. The topological polar surface area (TPSA) is 49.8 Å². The zero-order valence-electron chi connectivity index (χ0n) is 10.2. The SMILES string of the molecule is O=C(O)CC1(CN2CCOC3CCCC32)CC1. The smallest absolute Gasteiger partial charge is 0.303 e. The van der Waals surface area contributed by atoms with E-state index in [2.05, 4.69) is 4.90 Å². The van der Waals surface area contributed by atoms with Crippen LogP contribution in [0.1, 0.15) is 38.5 Å². The second kappa shape index (κ2) is 4.25. The maximum absolute atomic E-state index is 10.9. The molecular formula is C13H21NO3. The molecule has 0 aromatic carbocycles. The largest absolute Gasteiger partial charge is 0.481 e. The van der Waals surface area contributed by atoms with E-state index in [1.807, 2.05) is 0 Å². The van der Waals surface area contributed by atoms with E-state index >= 15 is 0 Å². The number of nitrogens with zero attached hydrogens (tertiary/aromatic N) is 1. The van der Waals surface area contributed by atoms with Crippen molar-refractivity contribution >= 4 is 5.97 Å². The van der Waals surface area contributed by atoms with Gasteiger partial charge < -0.3 is 9.84 Å². The van der Waals surface area contributed by atoms with Gasteiger partial charge in [-0.15, -0.1) is 0 Å². The normalized spacial score (nSPS) is 35.5. The third kappa shape index (κ3) is 2.33. The van der Waals surface area contributed by atoms with Gasteiger partial charge in [0.25, 0.3) is 0 Å². The molecular weight excluding hydrogens is 218 g/mol. The van der Waals surface area contributed by atoms with Crippen LogP contribution >= 0.6 is 0 Å². The molecule has 0 amide bonds. The number of carboxylic acids is 1. The summed E-state index contributed by atoms with van der Waals surface area (Å²) >= 11 is 0. The molecule has 3 aliphatic rings. The number of hydrogen-bond acceptors (Lipinski definition) is 3. The van der Waals surface area contributed by atoms with E-state index in [-0.39, 0.29) is 5.41 Å². The molecule has 2 aliphatic carbocycles. The molecule has 96 valence electrons. The maximum atomic E-state index is 10.9. The molecule has 4 heteroatoms. The Morgan fingerprint density at radius 1 is 1.41 bits per heavy atom. The number of rotatable bonds is 4. The number of carboxylic acid groups (broad SMARTS) is 1. The molecule has 17 heavy (non-hydrogen) atoms. The quantitative estimate of drug-likeness (QED) is 0.807. The van der Waals surface area contributed by atoms with Crippen LogP contribution in [-0.4, -0.2) is 47.8 Å². The molecule has 0 aromatic heterocycles. The predicted octanol–water partition coefficient (Wildman–Crippen LogP) is 1.49. The van der Waals surface area contributed by atoms with E-state index in [0.717, 1.165) is 32.5 Å². The third-order valence-corrected chi connectivity index (χ3v) is 4.62. The van der Waals surface area contributed by atoms with E-state index in [1.54, 1.807) is 0 Å². The Kier molecular flexibility index (Phi) is 2.87. The maximum Gasteiger partial charge on any atom is 0.303 e. The van der Waals surface area contributed by atoms with Gasteiger partial charge in [0.2, 0.25) is 0 Å². The Balaban J connectivity index is 1.62. The Hall–Kier alpha value is -0.610. The van der Waals surface area contributed by atoms with Crippen LogP contribution in [0.3, 0.4) is 0 Å². The second-order valence-corrected chi connectivity index (χ2v) is 5.95. The summed E-state index contributed by atoms with van der Waals surface area (Å²) in [6, 6.07) is 0.565. The third-order valence-electron chi connectivity index (χ3n) is 4.62. The van der Waals surface area contributed by atoms with E-state index < -0.39 is 5.97 Å². The summed E-state index contributed by atoms with van der Waals surface area (Å²) < 4.78 is 5.79. The second-order valence-electron chi connectivity index (χ2n) is 5.95. The molecule has 0 radical (unpaired) electrons. The van der Waals surface area contributed by atoms with Crippen LogP contribution in [0.15, 0.2) is 0 Å². The van der Waals surface area contributed by atoms with Crippen LogP contribution in [0.2, 0.25) is 0 Å². The van der Waals surface area contributed by atoms with Crippen molar-refractivity contribution in [1.82, 2.24) is 4.90 Å². The van der Waals surface area contributed by atoms with Gasteiger partial charge in [-0.3, -0.25) is 9.69 Å². The number of ether oxygens (including phenoxy) is 1. The lowest BCUT2D eigenvalue weighted by atomic mass is 9.99. The zero-order chi connectivity index (χ0) is 11.9. The van der Waals surface area contributed by atoms with Crippen LogP contribution in [0.4, 0.5) is 0 Å². The first kappa shape index (κ1) is 11.5. The van der Waals surface area contributed by atoms with Crippen LogP contribution in [0.25, 0.3) is 0 Å². The monoisotopic (exact) mass is 239 g/mol. The van der Waals surface area contributed by atoms with Gasteiger partial charge in [0.1, 0.15) is 0 Å². The predicted molar refractivity (Wildman–Crippen MR) is 62.9 cm³/mol. The highest BCUT2D eigenvalue weighted by Gasteiger charge is 2.48. The van der Waals surface area contributed by atoms with Crippen molar-refractivity contribution in [2.24, 2.45) is 5.41 Å². The summed E-state index contributed by atoms with van der Waals surface area (Å²) in [5.74, 6) is -0.640. The lowest BCUT2D eigenvalue weighted by Gasteiger charge is -2.39. The van der Waals surface area contributed by atoms with E-state index in [4.69, 9.17) is 9.84 Å². The molecule has 0 spiro atoms. The Morgan fingerprint density at radius 2 is 2.24 bits per heavy atom. The van der Waals surface area contributed by atoms with Gasteiger partial charge in [0.15, 0.2) is 0 Å². The number of morpholine rings is 1. The first-order valence-corrected chi connectivity index (χ1v) is 6.76.